The van der Waals surface area contributed by atoms with Crippen molar-refractivity contribution in [3.8, 4) is 0 Å². The lowest BCUT2D eigenvalue weighted by atomic mass is 10.2. The molecule has 0 amide bonds. The molecule has 0 aliphatic rings. The van der Waals surface area contributed by atoms with Crippen LogP contribution in [0.2, 0.25) is 0 Å². The molecule has 21 heavy (non-hydrogen) atoms. The van der Waals surface area contributed by atoms with Crippen LogP contribution in [0.25, 0.3) is 10.2 Å². The standard InChI is InChI=1S/C14H7F2NO2S2/c15-8-5-7(13(18)19)6-9(16)12(8)21-14-17-10-3-1-2-4-11(10)20-14/h1-6H,(H,18,19). The Kier molecular flexibility index (Phi) is 3.60. The van der Waals surface area contributed by atoms with Crippen LogP contribution < -0.4 is 0 Å². The van der Waals surface area contributed by atoms with E-state index in [1.165, 1.54) is 11.3 Å². The summed E-state index contributed by atoms with van der Waals surface area (Å²) in [4.78, 5) is 14.8. The largest absolute Gasteiger partial charge is 0.478 e. The first kappa shape index (κ1) is 14.0. The molecular weight excluding hydrogens is 316 g/mol. The molecule has 1 N–H and O–H groups in total. The predicted molar refractivity (Wildman–Crippen MR) is 77.1 cm³/mol. The van der Waals surface area contributed by atoms with Crippen molar-refractivity contribution in [3.05, 3.63) is 53.6 Å². The summed E-state index contributed by atoms with van der Waals surface area (Å²) in [6, 6.07) is 8.99. The van der Waals surface area contributed by atoms with Crippen LogP contribution in [0, 0.1) is 11.6 Å². The number of fused-ring (bicyclic) bond motifs is 1. The van der Waals surface area contributed by atoms with Gasteiger partial charge in [0.05, 0.1) is 20.7 Å². The molecule has 2 aromatic carbocycles. The van der Waals surface area contributed by atoms with Crippen molar-refractivity contribution in [1.29, 1.82) is 0 Å². The van der Waals surface area contributed by atoms with E-state index in [1.807, 2.05) is 24.3 Å². The van der Waals surface area contributed by atoms with E-state index in [0.29, 0.717) is 4.34 Å². The van der Waals surface area contributed by atoms with E-state index in [2.05, 4.69) is 4.98 Å². The summed E-state index contributed by atoms with van der Waals surface area (Å²) in [6.45, 7) is 0. The van der Waals surface area contributed by atoms with E-state index in [9.17, 15) is 13.6 Å². The van der Waals surface area contributed by atoms with Gasteiger partial charge in [-0.15, -0.1) is 11.3 Å². The van der Waals surface area contributed by atoms with Gasteiger partial charge in [-0.3, -0.25) is 0 Å². The van der Waals surface area contributed by atoms with E-state index >= 15 is 0 Å². The highest BCUT2D eigenvalue weighted by Gasteiger charge is 2.17. The summed E-state index contributed by atoms with van der Waals surface area (Å²) in [5, 5.41) is 8.76. The maximum Gasteiger partial charge on any atom is 0.335 e. The Morgan fingerprint density at radius 3 is 2.48 bits per heavy atom. The summed E-state index contributed by atoms with van der Waals surface area (Å²) in [6.07, 6.45) is 0. The highest BCUT2D eigenvalue weighted by atomic mass is 32.2. The number of carboxylic acid groups (broad SMARTS) is 1. The summed E-state index contributed by atoms with van der Waals surface area (Å²) in [5.41, 5.74) is 0.339. The third kappa shape index (κ3) is 2.74. The van der Waals surface area contributed by atoms with Crippen LogP contribution in [0.15, 0.2) is 45.6 Å². The number of hydrogen-bond acceptors (Lipinski definition) is 4. The van der Waals surface area contributed by atoms with Crippen molar-refractivity contribution >= 4 is 39.3 Å². The topological polar surface area (TPSA) is 50.2 Å². The van der Waals surface area contributed by atoms with Gasteiger partial charge in [0.15, 0.2) is 4.34 Å². The first-order chi connectivity index (χ1) is 10.0. The summed E-state index contributed by atoms with van der Waals surface area (Å²) in [5.74, 6) is -3.18. The lowest BCUT2D eigenvalue weighted by Gasteiger charge is -2.03. The number of nitrogens with zero attached hydrogens (tertiary/aromatic N) is 1. The molecule has 0 fully saturated rings. The molecule has 3 nitrogen and oxygen atoms in total. The second kappa shape index (κ2) is 5.42. The molecular formula is C14H7F2NO2S2. The zero-order valence-electron chi connectivity index (χ0n) is 10.3. The van der Waals surface area contributed by atoms with Crippen LogP contribution in [0.1, 0.15) is 10.4 Å². The molecule has 3 aromatic rings. The monoisotopic (exact) mass is 323 g/mol. The molecule has 7 heteroatoms. The third-order valence-electron chi connectivity index (χ3n) is 2.71. The van der Waals surface area contributed by atoms with E-state index < -0.39 is 23.2 Å². The molecule has 3 rings (SSSR count). The second-order valence-electron chi connectivity index (χ2n) is 4.12. The minimum Gasteiger partial charge on any atom is -0.478 e. The molecule has 0 bridgehead atoms. The zero-order valence-corrected chi connectivity index (χ0v) is 12.0. The summed E-state index contributed by atoms with van der Waals surface area (Å²) >= 11 is 2.17. The second-order valence-corrected chi connectivity index (χ2v) is 6.41. The average molecular weight is 323 g/mol. The Morgan fingerprint density at radius 2 is 1.86 bits per heavy atom. The Labute approximate surface area is 126 Å². The fourth-order valence-electron chi connectivity index (χ4n) is 1.76. The van der Waals surface area contributed by atoms with Gasteiger partial charge in [0.2, 0.25) is 0 Å². The Bertz CT molecular complexity index is 792. The number of para-hydroxylation sites is 1. The number of carboxylic acids is 1. The number of aromatic carboxylic acids is 1. The van der Waals surface area contributed by atoms with Crippen LogP contribution in [0.3, 0.4) is 0 Å². The lowest BCUT2D eigenvalue weighted by Crippen LogP contribution is -2.00. The van der Waals surface area contributed by atoms with Crippen LogP contribution in [0.4, 0.5) is 8.78 Å². The van der Waals surface area contributed by atoms with Crippen molar-refractivity contribution in [1.82, 2.24) is 4.98 Å². The summed E-state index contributed by atoms with van der Waals surface area (Å²) in [7, 11) is 0. The van der Waals surface area contributed by atoms with Crippen LogP contribution in [0.5, 0.6) is 0 Å². The van der Waals surface area contributed by atoms with E-state index in [-0.39, 0.29) is 4.90 Å². The molecule has 0 saturated carbocycles. The fraction of sp³-hybridized carbons (Fsp3) is 0. The van der Waals surface area contributed by atoms with Crippen molar-refractivity contribution in [2.45, 2.75) is 9.24 Å². The van der Waals surface area contributed by atoms with Crippen LogP contribution in [-0.4, -0.2) is 16.1 Å². The molecule has 0 aliphatic heterocycles. The van der Waals surface area contributed by atoms with Gasteiger partial charge in [0, 0.05) is 0 Å². The van der Waals surface area contributed by atoms with Gasteiger partial charge in [-0.05, 0) is 24.3 Å². The maximum atomic E-state index is 13.9. The lowest BCUT2D eigenvalue weighted by molar-refractivity contribution is 0.0695. The molecule has 0 radical (unpaired) electrons. The number of aromatic nitrogens is 1. The minimum atomic E-state index is -1.37. The van der Waals surface area contributed by atoms with Crippen molar-refractivity contribution in [2.75, 3.05) is 0 Å². The molecule has 1 aromatic heterocycles. The molecule has 0 saturated heterocycles. The fourth-order valence-corrected chi connectivity index (χ4v) is 3.78. The Morgan fingerprint density at radius 1 is 1.19 bits per heavy atom. The van der Waals surface area contributed by atoms with E-state index in [0.717, 1.165) is 34.1 Å². The van der Waals surface area contributed by atoms with Crippen molar-refractivity contribution < 1.29 is 18.7 Å². The van der Waals surface area contributed by atoms with Gasteiger partial charge >= 0.3 is 5.97 Å². The Balaban J connectivity index is 1.99. The molecule has 0 aliphatic carbocycles. The highest BCUT2D eigenvalue weighted by molar-refractivity contribution is 8.01. The van der Waals surface area contributed by atoms with Crippen molar-refractivity contribution in [3.63, 3.8) is 0 Å². The van der Waals surface area contributed by atoms with Crippen LogP contribution in [-0.2, 0) is 0 Å². The Hall–Kier alpha value is -1.99. The average Bonchev–Trinajstić information content (AvgIpc) is 2.85. The minimum absolute atomic E-state index is 0.251. The van der Waals surface area contributed by atoms with Gasteiger partial charge in [-0.1, -0.05) is 23.9 Å². The molecule has 0 unspecified atom stereocenters. The zero-order chi connectivity index (χ0) is 15.0. The number of benzene rings is 2. The molecule has 0 spiro atoms. The third-order valence-corrected chi connectivity index (χ3v) is 4.90. The number of carbonyl (C=O) groups is 1. The van der Waals surface area contributed by atoms with Gasteiger partial charge < -0.3 is 5.11 Å². The smallest absolute Gasteiger partial charge is 0.335 e. The summed E-state index contributed by atoms with van der Waals surface area (Å²) < 4.78 is 29.1. The molecule has 0 atom stereocenters. The maximum absolute atomic E-state index is 13.9. The first-order valence-electron chi connectivity index (χ1n) is 5.80. The normalized spacial score (nSPS) is 11.0. The molecule has 106 valence electrons. The van der Waals surface area contributed by atoms with E-state index in [4.69, 9.17) is 5.11 Å². The number of rotatable bonds is 3. The number of hydrogen-bond donors (Lipinski definition) is 1. The van der Waals surface area contributed by atoms with Gasteiger partial charge in [-0.25, -0.2) is 18.6 Å². The predicted octanol–water partition coefficient (Wildman–Crippen LogP) is 4.42. The number of thiazole rings is 1. The van der Waals surface area contributed by atoms with Gasteiger partial charge in [0.1, 0.15) is 11.6 Å². The van der Waals surface area contributed by atoms with Gasteiger partial charge in [-0.2, -0.15) is 0 Å². The quantitative estimate of drug-likeness (QED) is 0.775. The highest BCUT2D eigenvalue weighted by Crippen LogP contribution is 2.37. The van der Waals surface area contributed by atoms with E-state index in [1.54, 1.807) is 0 Å². The van der Waals surface area contributed by atoms with Crippen LogP contribution >= 0.6 is 23.1 Å². The van der Waals surface area contributed by atoms with Gasteiger partial charge in [0.25, 0.3) is 0 Å². The first-order valence-corrected chi connectivity index (χ1v) is 7.43. The van der Waals surface area contributed by atoms with Crippen molar-refractivity contribution in [2.24, 2.45) is 0 Å². The number of halogens is 2. The molecule has 1 heterocycles. The SMILES string of the molecule is O=C(O)c1cc(F)c(Sc2nc3ccccc3s2)c(F)c1.